The van der Waals surface area contributed by atoms with Gasteiger partial charge in [-0.2, -0.15) is 0 Å². The zero-order chi connectivity index (χ0) is 11.8. The van der Waals surface area contributed by atoms with Gasteiger partial charge < -0.3 is 5.73 Å². The zero-order valence-electron chi connectivity index (χ0n) is 9.63. The fourth-order valence-corrected chi connectivity index (χ4v) is 2.21. The Hall–Kier alpha value is -1.05. The number of hydrogen-bond donors (Lipinski definition) is 1. The summed E-state index contributed by atoms with van der Waals surface area (Å²) in [7, 11) is 0. The van der Waals surface area contributed by atoms with E-state index in [1.807, 2.05) is 24.3 Å². The second-order valence-corrected chi connectivity index (χ2v) is 5.14. The molecule has 1 nitrogen and oxygen atoms in total. The summed E-state index contributed by atoms with van der Waals surface area (Å²) in [4.78, 5) is 0. The highest BCUT2D eigenvalue weighted by Crippen LogP contribution is 2.32. The van der Waals surface area contributed by atoms with E-state index in [1.165, 1.54) is 10.9 Å². The Morgan fingerprint density at radius 3 is 2.38 bits per heavy atom. The normalized spacial score (nSPS) is 12.0. The van der Waals surface area contributed by atoms with Gasteiger partial charge in [0.1, 0.15) is 0 Å². The monoisotopic (exact) mass is 233 g/mol. The molecule has 0 radical (unpaired) electrons. The van der Waals surface area contributed by atoms with Crippen molar-refractivity contribution in [2.24, 2.45) is 5.73 Å². The first kappa shape index (κ1) is 11.4. The van der Waals surface area contributed by atoms with Gasteiger partial charge >= 0.3 is 0 Å². The molecule has 0 aliphatic carbocycles. The standard InChI is InChI=1S/C14H16ClN/c1-14(2,9-16)12-7-3-6-11-10(12)5-4-8-13(11)15/h3-8H,9,16H2,1-2H3. The van der Waals surface area contributed by atoms with Crippen molar-refractivity contribution in [3.63, 3.8) is 0 Å². The summed E-state index contributed by atoms with van der Waals surface area (Å²) >= 11 is 6.19. The van der Waals surface area contributed by atoms with Gasteiger partial charge in [-0.1, -0.05) is 55.8 Å². The minimum Gasteiger partial charge on any atom is -0.330 e. The van der Waals surface area contributed by atoms with Gasteiger partial charge in [-0.15, -0.1) is 0 Å². The molecule has 0 unspecified atom stereocenters. The minimum absolute atomic E-state index is 0.0236. The molecule has 0 spiro atoms. The number of nitrogens with two attached hydrogens (primary N) is 1. The molecule has 0 aliphatic rings. The van der Waals surface area contributed by atoms with Gasteiger partial charge in [0.2, 0.25) is 0 Å². The maximum Gasteiger partial charge on any atom is 0.0484 e. The molecular weight excluding hydrogens is 218 g/mol. The quantitative estimate of drug-likeness (QED) is 0.841. The van der Waals surface area contributed by atoms with E-state index >= 15 is 0 Å². The molecule has 0 aromatic heterocycles. The average molecular weight is 234 g/mol. The Balaban J connectivity index is 2.77. The van der Waals surface area contributed by atoms with Crippen LogP contribution in [0.4, 0.5) is 0 Å². The number of hydrogen-bond acceptors (Lipinski definition) is 1. The van der Waals surface area contributed by atoms with Crippen LogP contribution in [0, 0.1) is 0 Å². The molecule has 0 saturated heterocycles. The number of benzene rings is 2. The molecule has 0 saturated carbocycles. The van der Waals surface area contributed by atoms with E-state index in [0.29, 0.717) is 6.54 Å². The molecule has 0 amide bonds. The van der Waals surface area contributed by atoms with E-state index in [2.05, 4.69) is 26.0 Å². The van der Waals surface area contributed by atoms with Crippen LogP contribution in [0.15, 0.2) is 36.4 Å². The van der Waals surface area contributed by atoms with Crippen LogP contribution in [-0.2, 0) is 5.41 Å². The van der Waals surface area contributed by atoms with Crippen molar-refractivity contribution in [1.82, 2.24) is 0 Å². The fraction of sp³-hybridized carbons (Fsp3) is 0.286. The van der Waals surface area contributed by atoms with Crippen LogP contribution in [-0.4, -0.2) is 6.54 Å². The van der Waals surface area contributed by atoms with E-state index in [-0.39, 0.29) is 5.41 Å². The van der Waals surface area contributed by atoms with Crippen LogP contribution in [0.1, 0.15) is 19.4 Å². The molecular formula is C14H16ClN. The average Bonchev–Trinajstić information content (AvgIpc) is 2.29. The molecule has 2 aromatic carbocycles. The maximum absolute atomic E-state index is 6.19. The van der Waals surface area contributed by atoms with Crippen molar-refractivity contribution in [3.8, 4) is 0 Å². The summed E-state index contributed by atoms with van der Waals surface area (Å²) in [5, 5.41) is 3.10. The topological polar surface area (TPSA) is 26.0 Å². The Morgan fingerprint density at radius 1 is 1.06 bits per heavy atom. The lowest BCUT2D eigenvalue weighted by molar-refractivity contribution is 0.544. The number of fused-ring (bicyclic) bond motifs is 1. The smallest absolute Gasteiger partial charge is 0.0484 e. The first-order valence-corrected chi connectivity index (χ1v) is 5.82. The summed E-state index contributed by atoms with van der Waals surface area (Å²) in [6.07, 6.45) is 0. The molecule has 0 atom stereocenters. The molecule has 2 aromatic rings. The number of rotatable bonds is 2. The molecule has 16 heavy (non-hydrogen) atoms. The van der Waals surface area contributed by atoms with E-state index < -0.39 is 0 Å². The highest BCUT2D eigenvalue weighted by Gasteiger charge is 2.20. The Labute approximate surface area is 101 Å². The van der Waals surface area contributed by atoms with Gasteiger partial charge in [-0.25, -0.2) is 0 Å². The first-order chi connectivity index (χ1) is 7.56. The predicted molar refractivity (Wildman–Crippen MR) is 71.0 cm³/mol. The Bertz CT molecular complexity index is 517. The van der Waals surface area contributed by atoms with Crippen molar-refractivity contribution < 1.29 is 0 Å². The van der Waals surface area contributed by atoms with E-state index in [9.17, 15) is 0 Å². The second kappa shape index (κ2) is 4.08. The van der Waals surface area contributed by atoms with E-state index in [4.69, 9.17) is 17.3 Å². The lowest BCUT2D eigenvalue weighted by atomic mass is 9.82. The summed E-state index contributed by atoms with van der Waals surface area (Å²) in [5.41, 5.74) is 7.07. The van der Waals surface area contributed by atoms with Gasteiger partial charge in [0.05, 0.1) is 0 Å². The minimum atomic E-state index is -0.0236. The van der Waals surface area contributed by atoms with E-state index in [0.717, 1.165) is 10.4 Å². The molecule has 84 valence electrons. The molecule has 0 heterocycles. The van der Waals surface area contributed by atoms with Gasteiger partial charge in [0, 0.05) is 22.4 Å². The van der Waals surface area contributed by atoms with Gasteiger partial charge in [-0.3, -0.25) is 0 Å². The Morgan fingerprint density at radius 2 is 1.69 bits per heavy atom. The van der Waals surface area contributed by atoms with Gasteiger partial charge in [0.25, 0.3) is 0 Å². The molecule has 0 aliphatic heterocycles. The third kappa shape index (κ3) is 1.81. The zero-order valence-corrected chi connectivity index (χ0v) is 10.4. The number of halogens is 1. The third-order valence-corrected chi connectivity index (χ3v) is 3.44. The van der Waals surface area contributed by atoms with Crippen molar-refractivity contribution in [2.75, 3.05) is 6.54 Å². The molecule has 2 heteroatoms. The van der Waals surface area contributed by atoms with Crippen LogP contribution in [0.25, 0.3) is 10.8 Å². The lowest BCUT2D eigenvalue weighted by Gasteiger charge is -2.25. The van der Waals surface area contributed by atoms with Crippen LogP contribution in [0.5, 0.6) is 0 Å². The molecule has 2 N–H and O–H groups in total. The molecule has 0 fully saturated rings. The van der Waals surface area contributed by atoms with Crippen LogP contribution in [0.2, 0.25) is 5.02 Å². The predicted octanol–water partition coefficient (Wildman–Crippen LogP) is 3.73. The third-order valence-electron chi connectivity index (χ3n) is 3.11. The maximum atomic E-state index is 6.19. The highest BCUT2D eigenvalue weighted by atomic mass is 35.5. The molecule has 2 rings (SSSR count). The fourth-order valence-electron chi connectivity index (χ4n) is 1.97. The Kier molecular flexibility index (Phi) is 2.92. The van der Waals surface area contributed by atoms with Crippen molar-refractivity contribution in [2.45, 2.75) is 19.3 Å². The van der Waals surface area contributed by atoms with Gasteiger partial charge in [0.15, 0.2) is 0 Å². The summed E-state index contributed by atoms with van der Waals surface area (Å²) in [6.45, 7) is 4.93. The van der Waals surface area contributed by atoms with Crippen LogP contribution in [0.3, 0.4) is 0 Å². The van der Waals surface area contributed by atoms with Crippen molar-refractivity contribution in [3.05, 3.63) is 47.0 Å². The second-order valence-electron chi connectivity index (χ2n) is 4.73. The summed E-state index contributed by atoms with van der Waals surface area (Å²) in [5.74, 6) is 0. The molecule has 0 bridgehead atoms. The SMILES string of the molecule is CC(C)(CN)c1cccc2c(Cl)cccc12. The largest absolute Gasteiger partial charge is 0.330 e. The van der Waals surface area contributed by atoms with Gasteiger partial charge in [-0.05, 0) is 17.0 Å². The van der Waals surface area contributed by atoms with Crippen molar-refractivity contribution >= 4 is 22.4 Å². The highest BCUT2D eigenvalue weighted by molar-refractivity contribution is 6.35. The summed E-state index contributed by atoms with van der Waals surface area (Å²) in [6, 6.07) is 12.2. The van der Waals surface area contributed by atoms with Crippen molar-refractivity contribution in [1.29, 1.82) is 0 Å². The first-order valence-electron chi connectivity index (χ1n) is 5.44. The van der Waals surface area contributed by atoms with Crippen LogP contribution < -0.4 is 5.73 Å². The summed E-state index contributed by atoms with van der Waals surface area (Å²) < 4.78 is 0. The lowest BCUT2D eigenvalue weighted by Crippen LogP contribution is -2.28. The van der Waals surface area contributed by atoms with Crippen LogP contribution >= 0.6 is 11.6 Å². The van der Waals surface area contributed by atoms with E-state index in [1.54, 1.807) is 0 Å².